The average molecular weight is 452 g/mol. The fraction of sp³-hybridized carbons (Fsp3) is 0.941. The summed E-state index contributed by atoms with van der Waals surface area (Å²) in [4.78, 5) is 6.98. The zero-order valence-electron chi connectivity index (χ0n) is 14.8. The summed E-state index contributed by atoms with van der Waals surface area (Å²) in [6, 6.07) is 1.10. The second kappa shape index (κ2) is 10.8. The summed E-state index contributed by atoms with van der Waals surface area (Å²) >= 11 is 0. The normalized spacial score (nSPS) is 27.7. The molecule has 2 heterocycles. The minimum absolute atomic E-state index is 0. The first-order chi connectivity index (χ1) is 11.4. The van der Waals surface area contributed by atoms with E-state index >= 15 is 0 Å². The molecule has 0 radical (unpaired) electrons. The molecular formula is C17H33IN4O2. The Morgan fingerprint density at radius 2 is 1.88 bits per heavy atom. The number of aliphatic imine (C=N–C) groups is 1. The van der Waals surface area contributed by atoms with Crippen molar-refractivity contribution in [1.82, 2.24) is 15.5 Å². The highest BCUT2D eigenvalue weighted by molar-refractivity contribution is 14.0. The summed E-state index contributed by atoms with van der Waals surface area (Å²) in [6.07, 6.45) is 6.38. The molecule has 1 saturated carbocycles. The van der Waals surface area contributed by atoms with E-state index in [1.54, 1.807) is 0 Å². The first-order valence-electron chi connectivity index (χ1n) is 9.23. The Morgan fingerprint density at radius 1 is 1.12 bits per heavy atom. The molecular weight excluding hydrogens is 419 g/mol. The number of halogens is 1. The maximum Gasteiger partial charge on any atom is 0.191 e. The first-order valence-corrected chi connectivity index (χ1v) is 9.23. The lowest BCUT2D eigenvalue weighted by atomic mass is 9.97. The molecule has 24 heavy (non-hydrogen) atoms. The van der Waals surface area contributed by atoms with Crippen molar-refractivity contribution >= 4 is 29.9 Å². The number of ether oxygens (including phenoxy) is 2. The summed E-state index contributed by atoms with van der Waals surface area (Å²) in [5.74, 6) is 1.57. The number of guanidine groups is 1. The van der Waals surface area contributed by atoms with Gasteiger partial charge in [0.25, 0.3) is 0 Å². The molecule has 2 saturated heterocycles. The van der Waals surface area contributed by atoms with Gasteiger partial charge in [-0.2, -0.15) is 0 Å². The van der Waals surface area contributed by atoms with Gasteiger partial charge in [-0.25, -0.2) is 0 Å². The molecule has 3 rings (SSSR count). The zero-order valence-corrected chi connectivity index (χ0v) is 17.2. The van der Waals surface area contributed by atoms with Crippen LogP contribution >= 0.6 is 24.0 Å². The van der Waals surface area contributed by atoms with E-state index < -0.39 is 0 Å². The number of nitrogens with zero attached hydrogens (tertiary/aromatic N) is 2. The Bertz CT molecular complexity index is 379. The van der Waals surface area contributed by atoms with Crippen LogP contribution in [0.2, 0.25) is 0 Å². The van der Waals surface area contributed by atoms with Crippen LogP contribution in [0, 0.1) is 5.92 Å². The fourth-order valence-electron chi connectivity index (χ4n) is 4.02. The second-order valence-corrected chi connectivity index (χ2v) is 6.92. The van der Waals surface area contributed by atoms with Crippen LogP contribution in [-0.4, -0.2) is 76.1 Å². The maximum atomic E-state index is 5.64. The number of nitrogens with one attached hydrogen (secondary N) is 2. The number of hydrogen-bond acceptors (Lipinski definition) is 4. The molecule has 2 atom stereocenters. The van der Waals surface area contributed by atoms with E-state index in [9.17, 15) is 0 Å². The van der Waals surface area contributed by atoms with Crippen molar-refractivity contribution in [3.8, 4) is 0 Å². The summed E-state index contributed by atoms with van der Waals surface area (Å²) in [5.41, 5.74) is 0. The standard InChI is InChI=1S/C17H32N4O2.HI/c1-18-17(20-15-4-2-3-5-15)19-12-16(14-6-9-23-13-14)21-7-10-22-11-8-21;/h14-16H,2-13H2,1H3,(H2,18,19,20);1H. The second-order valence-electron chi connectivity index (χ2n) is 6.92. The SMILES string of the molecule is CN=C(NCC(C1CCOC1)N1CCOCC1)NC1CCCC1.I. The third-order valence-corrected chi connectivity index (χ3v) is 5.42. The van der Waals surface area contributed by atoms with Gasteiger partial charge in [0.2, 0.25) is 0 Å². The number of hydrogen-bond donors (Lipinski definition) is 2. The van der Waals surface area contributed by atoms with Gasteiger partial charge in [-0.3, -0.25) is 9.89 Å². The van der Waals surface area contributed by atoms with Gasteiger partial charge in [-0.05, 0) is 19.3 Å². The Hall–Kier alpha value is -0.120. The highest BCUT2D eigenvalue weighted by atomic mass is 127. The zero-order chi connectivity index (χ0) is 15.9. The topological polar surface area (TPSA) is 58.1 Å². The molecule has 0 aromatic heterocycles. The molecule has 3 fully saturated rings. The number of rotatable bonds is 5. The lowest BCUT2D eigenvalue weighted by molar-refractivity contribution is 0.00246. The van der Waals surface area contributed by atoms with Crippen LogP contribution in [0.4, 0.5) is 0 Å². The summed E-state index contributed by atoms with van der Waals surface area (Å²) < 4.78 is 11.2. The summed E-state index contributed by atoms with van der Waals surface area (Å²) in [5, 5.41) is 7.15. The van der Waals surface area contributed by atoms with Gasteiger partial charge in [0, 0.05) is 51.3 Å². The number of morpholine rings is 1. The van der Waals surface area contributed by atoms with E-state index in [2.05, 4.69) is 20.5 Å². The largest absolute Gasteiger partial charge is 0.381 e. The lowest BCUT2D eigenvalue weighted by Crippen LogP contribution is -2.54. The molecule has 7 heteroatoms. The van der Waals surface area contributed by atoms with Crippen LogP contribution in [0.5, 0.6) is 0 Å². The predicted octanol–water partition coefficient (Wildman–Crippen LogP) is 1.45. The van der Waals surface area contributed by atoms with Crippen molar-refractivity contribution in [3.63, 3.8) is 0 Å². The van der Waals surface area contributed by atoms with Crippen molar-refractivity contribution in [2.45, 2.75) is 44.2 Å². The smallest absolute Gasteiger partial charge is 0.191 e. The van der Waals surface area contributed by atoms with Gasteiger partial charge in [0.1, 0.15) is 0 Å². The van der Waals surface area contributed by atoms with Crippen LogP contribution in [0.15, 0.2) is 4.99 Å². The van der Waals surface area contributed by atoms with Gasteiger partial charge >= 0.3 is 0 Å². The molecule has 1 aliphatic carbocycles. The van der Waals surface area contributed by atoms with Crippen LogP contribution in [0.3, 0.4) is 0 Å². The van der Waals surface area contributed by atoms with E-state index in [-0.39, 0.29) is 24.0 Å². The highest BCUT2D eigenvalue weighted by Gasteiger charge is 2.31. The Labute approximate surface area is 163 Å². The molecule has 2 unspecified atom stereocenters. The van der Waals surface area contributed by atoms with Crippen LogP contribution in [0.25, 0.3) is 0 Å². The Kier molecular flexibility index (Phi) is 9.07. The van der Waals surface area contributed by atoms with E-state index in [1.807, 2.05) is 7.05 Å². The van der Waals surface area contributed by atoms with Crippen LogP contribution in [-0.2, 0) is 9.47 Å². The fourth-order valence-corrected chi connectivity index (χ4v) is 4.02. The predicted molar refractivity (Wildman–Crippen MR) is 107 cm³/mol. The summed E-state index contributed by atoms with van der Waals surface area (Å²) in [7, 11) is 1.87. The molecule has 2 N–H and O–H groups in total. The molecule has 0 bridgehead atoms. The van der Waals surface area contributed by atoms with Gasteiger partial charge in [-0.1, -0.05) is 12.8 Å². The molecule has 3 aliphatic rings. The Morgan fingerprint density at radius 3 is 2.50 bits per heavy atom. The maximum absolute atomic E-state index is 5.64. The van der Waals surface area contributed by atoms with Crippen LogP contribution < -0.4 is 10.6 Å². The van der Waals surface area contributed by atoms with Crippen molar-refractivity contribution in [2.75, 3.05) is 53.1 Å². The monoisotopic (exact) mass is 452 g/mol. The van der Waals surface area contributed by atoms with E-state index in [4.69, 9.17) is 9.47 Å². The molecule has 6 nitrogen and oxygen atoms in total. The van der Waals surface area contributed by atoms with Gasteiger partial charge < -0.3 is 20.1 Å². The van der Waals surface area contributed by atoms with Gasteiger partial charge in [0.15, 0.2) is 5.96 Å². The summed E-state index contributed by atoms with van der Waals surface area (Å²) in [6.45, 7) is 6.46. The lowest BCUT2D eigenvalue weighted by Gasteiger charge is -2.37. The molecule has 0 spiro atoms. The van der Waals surface area contributed by atoms with E-state index in [1.165, 1.54) is 32.1 Å². The minimum Gasteiger partial charge on any atom is -0.381 e. The third-order valence-electron chi connectivity index (χ3n) is 5.42. The first kappa shape index (κ1) is 20.2. The third kappa shape index (κ3) is 5.71. The molecule has 2 aliphatic heterocycles. The van der Waals surface area contributed by atoms with Crippen molar-refractivity contribution in [3.05, 3.63) is 0 Å². The average Bonchev–Trinajstić information content (AvgIpc) is 3.29. The van der Waals surface area contributed by atoms with Gasteiger partial charge in [-0.15, -0.1) is 24.0 Å². The molecule has 0 amide bonds. The van der Waals surface area contributed by atoms with Gasteiger partial charge in [0.05, 0.1) is 19.8 Å². The minimum atomic E-state index is 0. The Balaban J connectivity index is 0.00000208. The molecule has 0 aromatic carbocycles. The quantitative estimate of drug-likeness (QED) is 0.376. The van der Waals surface area contributed by atoms with Crippen molar-refractivity contribution in [1.29, 1.82) is 0 Å². The van der Waals surface area contributed by atoms with Crippen LogP contribution in [0.1, 0.15) is 32.1 Å². The van der Waals surface area contributed by atoms with Crippen molar-refractivity contribution in [2.24, 2.45) is 10.9 Å². The molecule has 0 aromatic rings. The molecule has 140 valence electrons. The highest BCUT2D eigenvalue weighted by Crippen LogP contribution is 2.22. The van der Waals surface area contributed by atoms with Crippen molar-refractivity contribution < 1.29 is 9.47 Å². The van der Waals surface area contributed by atoms with E-state index in [0.717, 1.165) is 52.0 Å². The van der Waals surface area contributed by atoms with E-state index in [0.29, 0.717) is 18.0 Å².